The number of aliphatic hydroxyl groups is 1. The molecule has 2 rings (SSSR count). The molecule has 0 aromatic rings. The average Bonchev–Trinajstić information content (AvgIpc) is 2.34. The molecular weight excluding hydrogens is 236 g/mol. The van der Waals surface area contributed by atoms with Gasteiger partial charge in [-0.15, -0.1) is 0 Å². The lowest BCUT2D eigenvalue weighted by molar-refractivity contribution is -0.146. The van der Waals surface area contributed by atoms with Crippen LogP contribution in [0, 0.1) is 5.41 Å². The van der Waals surface area contributed by atoms with Gasteiger partial charge in [-0.3, -0.25) is 19.8 Å². The van der Waals surface area contributed by atoms with E-state index in [1.807, 2.05) is 0 Å². The Morgan fingerprint density at radius 3 is 2.72 bits per heavy atom. The van der Waals surface area contributed by atoms with Gasteiger partial charge in [-0.25, -0.2) is 4.79 Å². The highest BCUT2D eigenvalue weighted by Crippen LogP contribution is 2.37. The van der Waals surface area contributed by atoms with E-state index in [1.54, 1.807) is 6.08 Å². The Bertz CT molecular complexity index is 457. The summed E-state index contributed by atoms with van der Waals surface area (Å²) in [4.78, 5) is 36.4. The lowest BCUT2D eigenvalue weighted by Gasteiger charge is -2.38. The number of barbiturate groups is 1. The fraction of sp³-hybridized carbons (Fsp3) is 0.583. The fourth-order valence-corrected chi connectivity index (χ4v) is 2.43. The molecule has 0 spiro atoms. The molecule has 0 bridgehead atoms. The summed E-state index contributed by atoms with van der Waals surface area (Å²) in [6.45, 7) is 1.50. The number of rotatable bonds is 1. The van der Waals surface area contributed by atoms with Crippen LogP contribution in [-0.2, 0) is 9.59 Å². The van der Waals surface area contributed by atoms with Crippen molar-refractivity contribution in [2.45, 2.75) is 32.3 Å². The molecule has 1 aliphatic heterocycles. The quantitative estimate of drug-likeness (QED) is 0.514. The van der Waals surface area contributed by atoms with Gasteiger partial charge in [0.05, 0.1) is 6.10 Å². The molecule has 6 nitrogen and oxygen atoms in total. The van der Waals surface area contributed by atoms with Gasteiger partial charge in [-0.05, 0) is 31.8 Å². The first-order valence-corrected chi connectivity index (χ1v) is 5.90. The van der Waals surface area contributed by atoms with Crippen molar-refractivity contribution in [1.29, 1.82) is 0 Å². The van der Waals surface area contributed by atoms with Gasteiger partial charge in [0.1, 0.15) is 5.41 Å². The molecule has 18 heavy (non-hydrogen) atoms. The number of urea groups is 1. The second kappa shape index (κ2) is 4.20. The molecular formula is C12H16N2O4. The molecule has 98 valence electrons. The van der Waals surface area contributed by atoms with Crippen LogP contribution in [0.4, 0.5) is 4.79 Å². The SMILES string of the molecule is CN1C(=O)NC(=O)[C@@](C)(C2=C[C@@H](O)CCC2)C1=O. The number of aliphatic hydroxyl groups excluding tert-OH is 1. The van der Waals surface area contributed by atoms with Crippen LogP contribution in [0.25, 0.3) is 0 Å². The zero-order valence-electron chi connectivity index (χ0n) is 10.4. The zero-order chi connectivity index (χ0) is 13.5. The predicted molar refractivity (Wildman–Crippen MR) is 62.4 cm³/mol. The highest BCUT2D eigenvalue weighted by atomic mass is 16.3. The van der Waals surface area contributed by atoms with E-state index in [1.165, 1.54) is 14.0 Å². The predicted octanol–water partition coefficient (Wildman–Crippen LogP) is 0.172. The van der Waals surface area contributed by atoms with E-state index in [-0.39, 0.29) is 0 Å². The van der Waals surface area contributed by atoms with Crippen molar-refractivity contribution in [3.63, 3.8) is 0 Å². The fourth-order valence-electron chi connectivity index (χ4n) is 2.43. The third-order valence-corrected chi connectivity index (χ3v) is 3.69. The molecule has 0 aromatic carbocycles. The van der Waals surface area contributed by atoms with Crippen LogP contribution in [0.3, 0.4) is 0 Å². The molecule has 2 N–H and O–H groups in total. The van der Waals surface area contributed by atoms with Gasteiger partial charge in [0.2, 0.25) is 11.8 Å². The van der Waals surface area contributed by atoms with E-state index in [9.17, 15) is 19.5 Å². The first-order chi connectivity index (χ1) is 8.37. The van der Waals surface area contributed by atoms with E-state index in [0.29, 0.717) is 18.4 Å². The van der Waals surface area contributed by atoms with Crippen LogP contribution in [0.5, 0.6) is 0 Å². The van der Waals surface area contributed by atoms with Crippen LogP contribution >= 0.6 is 0 Å². The first-order valence-electron chi connectivity index (χ1n) is 5.90. The summed E-state index contributed by atoms with van der Waals surface area (Å²) in [5.41, 5.74) is -0.799. The normalized spacial score (nSPS) is 33.3. The highest BCUT2D eigenvalue weighted by molar-refractivity contribution is 6.20. The minimum absolute atomic E-state index is 0.545. The molecule has 6 heteroatoms. The first kappa shape index (κ1) is 12.8. The summed E-state index contributed by atoms with van der Waals surface area (Å²) < 4.78 is 0. The summed E-state index contributed by atoms with van der Waals surface area (Å²) in [7, 11) is 1.34. The number of amides is 4. The molecule has 1 aliphatic carbocycles. The molecule has 4 amide bonds. The maximum atomic E-state index is 12.2. The van der Waals surface area contributed by atoms with Gasteiger partial charge < -0.3 is 5.11 Å². The van der Waals surface area contributed by atoms with Crippen molar-refractivity contribution < 1.29 is 19.5 Å². The van der Waals surface area contributed by atoms with Gasteiger partial charge in [-0.2, -0.15) is 0 Å². The largest absolute Gasteiger partial charge is 0.389 e. The maximum absolute atomic E-state index is 12.2. The van der Waals surface area contributed by atoms with Crippen LogP contribution < -0.4 is 5.32 Å². The van der Waals surface area contributed by atoms with Gasteiger partial charge in [0.25, 0.3) is 0 Å². The molecule has 1 fully saturated rings. The summed E-state index contributed by atoms with van der Waals surface area (Å²) >= 11 is 0. The minimum Gasteiger partial charge on any atom is -0.389 e. The van der Waals surface area contributed by atoms with Crippen LogP contribution in [0.1, 0.15) is 26.2 Å². The van der Waals surface area contributed by atoms with Crippen molar-refractivity contribution in [3.05, 3.63) is 11.6 Å². The third-order valence-electron chi connectivity index (χ3n) is 3.69. The standard InChI is InChI=1S/C12H16N2O4/c1-12(7-4-3-5-8(15)6-7)9(16)13-11(18)14(2)10(12)17/h6,8,15H,3-5H2,1-2H3,(H,13,16,18)/t8-,12+/m0/s1. The van der Waals surface area contributed by atoms with E-state index in [4.69, 9.17) is 0 Å². The van der Waals surface area contributed by atoms with Crippen LogP contribution in [0.15, 0.2) is 11.6 Å². The molecule has 0 unspecified atom stereocenters. The summed E-state index contributed by atoms with van der Waals surface area (Å²) in [6.07, 6.45) is 2.86. The minimum atomic E-state index is -1.38. The Kier molecular flexibility index (Phi) is 2.98. The van der Waals surface area contributed by atoms with Gasteiger partial charge in [0.15, 0.2) is 0 Å². The number of imide groups is 2. The van der Waals surface area contributed by atoms with Crippen LogP contribution in [0.2, 0.25) is 0 Å². The van der Waals surface area contributed by atoms with Gasteiger partial charge in [0, 0.05) is 7.05 Å². The van der Waals surface area contributed by atoms with Crippen molar-refractivity contribution in [1.82, 2.24) is 10.2 Å². The Hall–Kier alpha value is -1.69. The van der Waals surface area contributed by atoms with E-state index in [0.717, 1.165) is 11.3 Å². The Morgan fingerprint density at radius 2 is 2.11 bits per heavy atom. The van der Waals surface area contributed by atoms with Crippen molar-refractivity contribution in [2.24, 2.45) is 5.41 Å². The zero-order valence-corrected chi connectivity index (χ0v) is 10.4. The average molecular weight is 252 g/mol. The topological polar surface area (TPSA) is 86.7 Å². The van der Waals surface area contributed by atoms with Crippen LogP contribution in [-0.4, -0.2) is 41.0 Å². The molecule has 2 aliphatic rings. The monoisotopic (exact) mass is 252 g/mol. The second-order valence-electron chi connectivity index (χ2n) is 4.90. The number of nitrogens with zero attached hydrogens (tertiary/aromatic N) is 1. The number of hydrogen-bond acceptors (Lipinski definition) is 4. The van der Waals surface area contributed by atoms with Crippen molar-refractivity contribution in [2.75, 3.05) is 7.05 Å². The van der Waals surface area contributed by atoms with Crippen molar-refractivity contribution in [3.8, 4) is 0 Å². The molecule has 0 radical (unpaired) electrons. The molecule has 1 heterocycles. The lowest BCUT2D eigenvalue weighted by Crippen LogP contribution is -2.62. The summed E-state index contributed by atoms with van der Waals surface area (Å²) in [6, 6.07) is -0.709. The molecule has 1 saturated heterocycles. The summed E-state index contributed by atoms with van der Waals surface area (Å²) in [5, 5.41) is 11.8. The molecule has 0 aromatic heterocycles. The van der Waals surface area contributed by atoms with Gasteiger partial charge >= 0.3 is 6.03 Å². The Balaban J connectivity index is 2.42. The maximum Gasteiger partial charge on any atom is 0.330 e. The van der Waals surface area contributed by atoms with Crippen molar-refractivity contribution >= 4 is 17.8 Å². The highest BCUT2D eigenvalue weighted by Gasteiger charge is 2.51. The molecule has 0 saturated carbocycles. The van der Waals surface area contributed by atoms with E-state index in [2.05, 4.69) is 5.32 Å². The Morgan fingerprint density at radius 1 is 1.44 bits per heavy atom. The number of carbonyl (C=O) groups excluding carboxylic acids is 3. The summed E-state index contributed by atoms with van der Waals surface area (Å²) in [5.74, 6) is -1.16. The number of carbonyl (C=O) groups is 3. The van der Waals surface area contributed by atoms with Gasteiger partial charge in [-0.1, -0.05) is 6.08 Å². The lowest BCUT2D eigenvalue weighted by atomic mass is 9.74. The molecule has 2 atom stereocenters. The number of nitrogens with one attached hydrogen (secondary N) is 1. The second-order valence-corrected chi connectivity index (χ2v) is 4.90. The van der Waals surface area contributed by atoms with E-state index >= 15 is 0 Å². The van der Waals surface area contributed by atoms with E-state index < -0.39 is 29.4 Å². The smallest absolute Gasteiger partial charge is 0.330 e. The Labute approximate surface area is 105 Å². The third kappa shape index (κ3) is 1.73. The number of hydrogen-bond donors (Lipinski definition) is 2.